The topological polar surface area (TPSA) is 51.4 Å². The Morgan fingerprint density at radius 3 is 2.77 bits per heavy atom. The Balaban J connectivity index is 1.54. The fourth-order valence-corrected chi connectivity index (χ4v) is 2.75. The molecule has 1 aliphatic heterocycles. The number of rotatable bonds is 5. The van der Waals surface area contributed by atoms with Crippen molar-refractivity contribution >= 4 is 17.6 Å². The molecule has 1 aromatic carbocycles. The Bertz CT molecular complexity index is 609. The number of hydrogen-bond donors (Lipinski definition) is 0. The van der Waals surface area contributed by atoms with Gasteiger partial charge in [0.05, 0.1) is 5.02 Å². The molecule has 0 bridgehead atoms. The van der Waals surface area contributed by atoms with Gasteiger partial charge in [0.2, 0.25) is 5.89 Å². The van der Waals surface area contributed by atoms with Crippen molar-refractivity contribution in [2.75, 3.05) is 18.0 Å². The van der Waals surface area contributed by atoms with E-state index in [1.54, 1.807) is 0 Å². The van der Waals surface area contributed by atoms with E-state index < -0.39 is 0 Å². The number of hydrogen-bond acceptors (Lipinski definition) is 5. The maximum atomic E-state index is 6.13. The predicted octanol–water partition coefficient (Wildman–Crippen LogP) is 3.72. The molecular weight excluding hydrogens is 302 g/mol. The van der Waals surface area contributed by atoms with E-state index in [-0.39, 0.29) is 6.10 Å². The number of ether oxygens (including phenoxy) is 1. The second kappa shape index (κ2) is 7.01. The van der Waals surface area contributed by atoms with Gasteiger partial charge in [0.1, 0.15) is 11.9 Å². The second-order valence-electron chi connectivity index (χ2n) is 5.46. The van der Waals surface area contributed by atoms with Gasteiger partial charge in [-0.15, -0.1) is 5.10 Å². The van der Waals surface area contributed by atoms with Crippen LogP contribution in [-0.4, -0.2) is 29.4 Å². The predicted molar refractivity (Wildman–Crippen MR) is 85.6 cm³/mol. The zero-order chi connectivity index (χ0) is 15.4. The summed E-state index contributed by atoms with van der Waals surface area (Å²) in [7, 11) is 0. The van der Waals surface area contributed by atoms with Crippen LogP contribution in [-0.2, 0) is 6.42 Å². The van der Waals surface area contributed by atoms with Crippen molar-refractivity contribution in [2.45, 2.75) is 38.7 Å². The molecule has 1 saturated heterocycles. The maximum Gasteiger partial charge on any atom is 0.318 e. The molecule has 1 fully saturated rings. The van der Waals surface area contributed by atoms with Crippen molar-refractivity contribution in [2.24, 2.45) is 0 Å². The molecule has 0 radical (unpaired) electrons. The van der Waals surface area contributed by atoms with Crippen LogP contribution in [0, 0.1) is 0 Å². The lowest BCUT2D eigenvalue weighted by Gasteiger charge is -2.31. The number of nitrogens with zero attached hydrogens (tertiary/aromatic N) is 3. The van der Waals surface area contributed by atoms with E-state index in [9.17, 15) is 0 Å². The monoisotopic (exact) mass is 321 g/mol. The van der Waals surface area contributed by atoms with Crippen molar-refractivity contribution in [3.05, 3.63) is 35.2 Å². The summed E-state index contributed by atoms with van der Waals surface area (Å²) >= 11 is 6.13. The molecule has 1 aromatic heterocycles. The molecule has 2 heterocycles. The van der Waals surface area contributed by atoms with Crippen LogP contribution in [0.5, 0.6) is 5.75 Å². The summed E-state index contributed by atoms with van der Waals surface area (Å²) in [6.07, 6.45) is 3.84. The third-order valence-electron chi connectivity index (χ3n) is 3.76. The van der Waals surface area contributed by atoms with Crippen LogP contribution in [0.1, 0.15) is 32.1 Å². The standard InChI is InChI=1S/C16H20ClN3O2/c1-2-5-15-18-19-16(22-15)20-10-8-12(9-11-20)21-14-7-4-3-6-13(14)17/h3-4,6-7,12H,2,5,8-11H2,1H3. The molecule has 6 heteroatoms. The van der Waals surface area contributed by atoms with Crippen LogP contribution in [0.3, 0.4) is 0 Å². The zero-order valence-electron chi connectivity index (χ0n) is 12.7. The molecule has 0 atom stereocenters. The molecular formula is C16H20ClN3O2. The Hall–Kier alpha value is -1.75. The van der Waals surface area contributed by atoms with Crippen molar-refractivity contribution in [3.8, 4) is 5.75 Å². The van der Waals surface area contributed by atoms with Crippen LogP contribution in [0.15, 0.2) is 28.7 Å². The molecule has 3 rings (SSSR count). The molecule has 22 heavy (non-hydrogen) atoms. The first-order chi connectivity index (χ1) is 10.8. The number of anilines is 1. The number of piperidine rings is 1. The van der Waals surface area contributed by atoms with Crippen molar-refractivity contribution in [3.63, 3.8) is 0 Å². The van der Waals surface area contributed by atoms with Gasteiger partial charge in [-0.05, 0) is 18.6 Å². The first-order valence-corrected chi connectivity index (χ1v) is 8.12. The fraction of sp³-hybridized carbons (Fsp3) is 0.500. The summed E-state index contributed by atoms with van der Waals surface area (Å²) in [4.78, 5) is 2.12. The van der Waals surface area contributed by atoms with E-state index in [0.29, 0.717) is 16.9 Å². The van der Waals surface area contributed by atoms with Gasteiger partial charge in [0.15, 0.2) is 0 Å². The highest BCUT2D eigenvalue weighted by atomic mass is 35.5. The molecule has 0 N–H and O–H groups in total. The van der Waals surface area contributed by atoms with Crippen LogP contribution in [0.4, 0.5) is 6.01 Å². The molecule has 0 unspecified atom stereocenters. The highest BCUT2D eigenvalue weighted by molar-refractivity contribution is 6.32. The summed E-state index contributed by atoms with van der Waals surface area (Å²) in [5.74, 6) is 1.47. The third kappa shape index (κ3) is 3.53. The number of benzene rings is 1. The Morgan fingerprint density at radius 1 is 1.27 bits per heavy atom. The Labute approximate surface area is 135 Å². The van der Waals surface area contributed by atoms with Gasteiger partial charge in [-0.25, -0.2) is 0 Å². The molecule has 0 saturated carbocycles. The summed E-state index contributed by atoms with van der Waals surface area (Å²) < 4.78 is 11.7. The molecule has 5 nitrogen and oxygen atoms in total. The number of aromatic nitrogens is 2. The summed E-state index contributed by atoms with van der Waals surface area (Å²) in [5.41, 5.74) is 0. The third-order valence-corrected chi connectivity index (χ3v) is 4.08. The highest BCUT2D eigenvalue weighted by Crippen LogP contribution is 2.27. The number of aryl methyl sites for hydroxylation is 1. The Kier molecular flexibility index (Phi) is 4.83. The lowest BCUT2D eigenvalue weighted by Crippen LogP contribution is -2.38. The van der Waals surface area contributed by atoms with Crippen LogP contribution >= 0.6 is 11.6 Å². The SMILES string of the molecule is CCCc1nnc(N2CCC(Oc3ccccc3Cl)CC2)o1. The van der Waals surface area contributed by atoms with E-state index in [4.69, 9.17) is 20.8 Å². The first kappa shape index (κ1) is 15.2. The zero-order valence-corrected chi connectivity index (χ0v) is 13.4. The Morgan fingerprint density at radius 2 is 2.05 bits per heavy atom. The smallest absolute Gasteiger partial charge is 0.318 e. The van der Waals surface area contributed by atoms with Gasteiger partial charge in [-0.1, -0.05) is 35.8 Å². The van der Waals surface area contributed by atoms with Gasteiger partial charge in [-0.2, -0.15) is 0 Å². The van der Waals surface area contributed by atoms with E-state index in [1.807, 2.05) is 24.3 Å². The molecule has 0 spiro atoms. The molecule has 1 aliphatic rings. The van der Waals surface area contributed by atoms with Gasteiger partial charge in [0, 0.05) is 32.4 Å². The lowest BCUT2D eigenvalue weighted by atomic mass is 10.1. The molecule has 118 valence electrons. The van der Waals surface area contributed by atoms with Crippen molar-refractivity contribution in [1.82, 2.24) is 10.2 Å². The van der Waals surface area contributed by atoms with E-state index in [0.717, 1.165) is 44.5 Å². The summed E-state index contributed by atoms with van der Waals surface area (Å²) in [5, 5.41) is 8.86. The quantitative estimate of drug-likeness (QED) is 0.840. The minimum atomic E-state index is 0.175. The fourth-order valence-electron chi connectivity index (χ4n) is 2.57. The summed E-state index contributed by atoms with van der Waals surface area (Å²) in [6, 6.07) is 8.22. The van der Waals surface area contributed by atoms with Gasteiger partial charge >= 0.3 is 6.01 Å². The molecule has 0 amide bonds. The van der Waals surface area contributed by atoms with Crippen LogP contribution < -0.4 is 9.64 Å². The lowest BCUT2D eigenvalue weighted by molar-refractivity contribution is 0.169. The van der Waals surface area contributed by atoms with Gasteiger partial charge in [0.25, 0.3) is 0 Å². The van der Waals surface area contributed by atoms with Crippen molar-refractivity contribution in [1.29, 1.82) is 0 Å². The largest absolute Gasteiger partial charge is 0.489 e. The van der Waals surface area contributed by atoms with E-state index in [1.165, 1.54) is 0 Å². The van der Waals surface area contributed by atoms with Crippen LogP contribution in [0.2, 0.25) is 5.02 Å². The number of para-hydroxylation sites is 1. The average molecular weight is 322 g/mol. The minimum absolute atomic E-state index is 0.175. The number of halogens is 1. The van der Waals surface area contributed by atoms with Crippen molar-refractivity contribution < 1.29 is 9.15 Å². The summed E-state index contributed by atoms with van der Waals surface area (Å²) in [6.45, 7) is 3.80. The minimum Gasteiger partial charge on any atom is -0.489 e. The van der Waals surface area contributed by atoms with E-state index >= 15 is 0 Å². The second-order valence-corrected chi connectivity index (χ2v) is 5.87. The van der Waals surface area contributed by atoms with E-state index in [2.05, 4.69) is 22.0 Å². The van der Waals surface area contributed by atoms with Crippen LogP contribution in [0.25, 0.3) is 0 Å². The molecule has 0 aliphatic carbocycles. The maximum absolute atomic E-state index is 6.13. The van der Waals surface area contributed by atoms with Gasteiger partial charge < -0.3 is 14.1 Å². The van der Waals surface area contributed by atoms with Gasteiger partial charge in [-0.3, -0.25) is 0 Å². The normalized spacial score (nSPS) is 16.0. The molecule has 2 aromatic rings. The highest BCUT2D eigenvalue weighted by Gasteiger charge is 2.24. The average Bonchev–Trinajstić information content (AvgIpc) is 2.99. The first-order valence-electron chi connectivity index (χ1n) is 7.74.